The molecule has 0 fully saturated rings. The minimum Gasteiger partial charge on any atom is -0.494 e. The molecule has 0 aliphatic rings. The number of nitrogens with zero attached hydrogens (tertiary/aromatic N) is 5. The number of anilines is 2. The number of halogens is 1. The quantitative estimate of drug-likeness (QED) is 0.563. The van der Waals surface area contributed by atoms with Crippen molar-refractivity contribution < 1.29 is 34.1 Å². The molecule has 0 saturated heterocycles. The van der Waals surface area contributed by atoms with E-state index in [0.717, 1.165) is 0 Å². The number of para-hydroxylation sites is 1. The van der Waals surface area contributed by atoms with E-state index in [-0.39, 0.29) is 36.0 Å². The molecule has 0 spiro atoms. The van der Waals surface area contributed by atoms with Crippen LogP contribution >= 0.6 is 11.6 Å². The molecule has 0 amide bonds. The van der Waals surface area contributed by atoms with Crippen LogP contribution in [0.4, 0.5) is 11.4 Å². The Morgan fingerprint density at radius 3 is 2.74 bits per heavy atom. The Bertz CT molecular complexity index is 965. The molecule has 0 atom stereocenters. The third-order valence-corrected chi connectivity index (χ3v) is 3.74. The SMILES string of the molecule is CCn1cnc(-c2cccc(Nc3cc(Cl)nnc3C(=O)O)c2OC)n1.[Zn]. The number of aromatic carboxylic acids is 1. The summed E-state index contributed by atoms with van der Waals surface area (Å²) in [6, 6.07) is 6.71. The largest absolute Gasteiger partial charge is 0.494 e. The second-order valence-electron chi connectivity index (χ2n) is 5.17. The molecule has 2 heterocycles. The first-order valence-corrected chi connectivity index (χ1v) is 8.01. The molecule has 3 rings (SSSR count). The molecular formula is C16H15ClN6O3Zn. The number of hydrogen-bond acceptors (Lipinski definition) is 7. The van der Waals surface area contributed by atoms with E-state index in [2.05, 4.69) is 25.6 Å². The van der Waals surface area contributed by atoms with Gasteiger partial charge in [-0.15, -0.1) is 10.2 Å². The molecule has 136 valence electrons. The van der Waals surface area contributed by atoms with E-state index < -0.39 is 5.97 Å². The molecule has 27 heavy (non-hydrogen) atoms. The normalized spacial score (nSPS) is 10.2. The summed E-state index contributed by atoms with van der Waals surface area (Å²) in [5, 5.41) is 23.9. The average molecular weight is 440 g/mol. The Balaban J connectivity index is 0.00000261. The maximum Gasteiger partial charge on any atom is 0.358 e. The van der Waals surface area contributed by atoms with Crippen molar-refractivity contribution in [1.29, 1.82) is 0 Å². The predicted octanol–water partition coefficient (Wildman–Crippen LogP) is 2.86. The molecule has 11 heteroatoms. The fourth-order valence-electron chi connectivity index (χ4n) is 2.37. The monoisotopic (exact) mass is 438 g/mol. The van der Waals surface area contributed by atoms with Gasteiger partial charge in [-0.1, -0.05) is 17.7 Å². The van der Waals surface area contributed by atoms with Crippen molar-refractivity contribution in [3.05, 3.63) is 41.4 Å². The van der Waals surface area contributed by atoms with Gasteiger partial charge in [0.15, 0.2) is 22.4 Å². The molecule has 0 radical (unpaired) electrons. The fourth-order valence-corrected chi connectivity index (χ4v) is 2.52. The maximum atomic E-state index is 11.4. The maximum absolute atomic E-state index is 11.4. The first-order valence-electron chi connectivity index (χ1n) is 7.63. The number of carboxylic acid groups (broad SMARTS) is 1. The van der Waals surface area contributed by atoms with Crippen molar-refractivity contribution in [2.45, 2.75) is 13.5 Å². The predicted molar refractivity (Wildman–Crippen MR) is 95.0 cm³/mol. The van der Waals surface area contributed by atoms with Crippen LogP contribution in [0.5, 0.6) is 5.75 Å². The number of benzene rings is 1. The van der Waals surface area contributed by atoms with Crippen molar-refractivity contribution in [2.24, 2.45) is 0 Å². The molecule has 2 aromatic heterocycles. The summed E-state index contributed by atoms with van der Waals surface area (Å²) < 4.78 is 7.21. The number of rotatable bonds is 6. The fraction of sp³-hybridized carbons (Fsp3) is 0.188. The van der Waals surface area contributed by atoms with Gasteiger partial charge < -0.3 is 15.2 Å². The summed E-state index contributed by atoms with van der Waals surface area (Å²) in [7, 11) is 1.51. The van der Waals surface area contributed by atoms with Gasteiger partial charge in [-0.25, -0.2) is 9.78 Å². The molecule has 0 bridgehead atoms. The number of aromatic nitrogens is 5. The third kappa shape index (κ3) is 4.40. The van der Waals surface area contributed by atoms with Gasteiger partial charge in [-0.05, 0) is 19.1 Å². The molecule has 1 aromatic carbocycles. The Hall–Kier alpha value is -2.58. The van der Waals surface area contributed by atoms with E-state index in [0.29, 0.717) is 29.4 Å². The topological polar surface area (TPSA) is 115 Å². The molecule has 0 aliphatic heterocycles. The number of nitrogens with one attached hydrogen (secondary N) is 1. The second kappa shape index (κ2) is 8.88. The van der Waals surface area contributed by atoms with Gasteiger partial charge in [0.2, 0.25) is 0 Å². The van der Waals surface area contributed by atoms with Crippen LogP contribution in [-0.2, 0) is 26.0 Å². The van der Waals surface area contributed by atoms with E-state index in [1.165, 1.54) is 13.2 Å². The minimum absolute atomic E-state index is 0. The summed E-state index contributed by atoms with van der Waals surface area (Å²) >= 11 is 5.85. The number of ether oxygens (including phenoxy) is 1. The van der Waals surface area contributed by atoms with Gasteiger partial charge >= 0.3 is 5.97 Å². The van der Waals surface area contributed by atoms with Crippen LogP contribution in [0.1, 0.15) is 17.4 Å². The minimum atomic E-state index is -1.23. The molecular weight excluding hydrogens is 425 g/mol. The number of aryl methyl sites for hydroxylation is 1. The Labute approximate surface area is 172 Å². The van der Waals surface area contributed by atoms with E-state index in [4.69, 9.17) is 16.3 Å². The average Bonchev–Trinajstić information content (AvgIpc) is 3.10. The molecule has 0 unspecified atom stereocenters. The van der Waals surface area contributed by atoms with Crippen LogP contribution in [-0.4, -0.2) is 43.1 Å². The van der Waals surface area contributed by atoms with Crippen molar-refractivity contribution in [3.8, 4) is 17.1 Å². The van der Waals surface area contributed by atoms with Gasteiger partial charge in [0.1, 0.15) is 6.33 Å². The van der Waals surface area contributed by atoms with Gasteiger partial charge in [0.05, 0.1) is 24.0 Å². The van der Waals surface area contributed by atoms with Crippen LogP contribution in [0.3, 0.4) is 0 Å². The first-order chi connectivity index (χ1) is 12.5. The van der Waals surface area contributed by atoms with Crippen molar-refractivity contribution >= 4 is 28.9 Å². The number of hydrogen-bond donors (Lipinski definition) is 2. The summed E-state index contributed by atoms with van der Waals surface area (Å²) in [5.41, 5.74) is 1.12. The van der Waals surface area contributed by atoms with Crippen LogP contribution in [0.15, 0.2) is 30.6 Å². The Kier molecular flexibility index (Phi) is 6.82. The molecule has 0 saturated carbocycles. The van der Waals surface area contributed by atoms with E-state index >= 15 is 0 Å². The molecule has 9 nitrogen and oxygen atoms in total. The van der Waals surface area contributed by atoms with Crippen LogP contribution in [0, 0.1) is 0 Å². The van der Waals surface area contributed by atoms with Crippen molar-refractivity contribution in [3.63, 3.8) is 0 Å². The van der Waals surface area contributed by atoms with Gasteiger partial charge in [0, 0.05) is 32.1 Å². The second-order valence-corrected chi connectivity index (χ2v) is 5.56. The van der Waals surface area contributed by atoms with Crippen LogP contribution in [0.2, 0.25) is 5.15 Å². The first kappa shape index (κ1) is 20.7. The third-order valence-electron chi connectivity index (χ3n) is 3.56. The molecule has 3 aromatic rings. The summed E-state index contributed by atoms with van der Waals surface area (Å²) in [6.07, 6.45) is 1.63. The van der Waals surface area contributed by atoms with Crippen LogP contribution in [0.25, 0.3) is 11.4 Å². The van der Waals surface area contributed by atoms with Gasteiger partial charge in [0.25, 0.3) is 0 Å². The Morgan fingerprint density at radius 1 is 1.33 bits per heavy atom. The van der Waals surface area contributed by atoms with Crippen LogP contribution < -0.4 is 10.1 Å². The summed E-state index contributed by atoms with van der Waals surface area (Å²) in [4.78, 5) is 15.6. The molecule has 2 N–H and O–H groups in total. The molecule has 0 aliphatic carbocycles. The summed E-state index contributed by atoms with van der Waals surface area (Å²) in [5.74, 6) is -0.266. The number of carbonyl (C=O) groups is 1. The van der Waals surface area contributed by atoms with E-state index in [1.54, 1.807) is 23.1 Å². The van der Waals surface area contributed by atoms with Gasteiger partial charge in [-0.2, -0.15) is 5.10 Å². The standard InChI is InChI=1S/C16H15ClN6O3.Zn/c1-3-23-8-18-15(22-23)9-5-4-6-10(14(9)26-2)19-11-7-12(17)20-21-13(11)16(24)25;/h4-8H,3H2,1-2H3,(H,19,20)(H,24,25);. The number of methoxy groups -OCH3 is 1. The smallest absolute Gasteiger partial charge is 0.358 e. The summed E-state index contributed by atoms with van der Waals surface area (Å²) in [6.45, 7) is 2.65. The zero-order valence-electron chi connectivity index (χ0n) is 14.7. The van der Waals surface area contributed by atoms with Gasteiger partial charge in [-0.3, -0.25) is 4.68 Å². The van der Waals surface area contributed by atoms with Crippen molar-refractivity contribution in [2.75, 3.05) is 12.4 Å². The zero-order chi connectivity index (χ0) is 18.7. The zero-order valence-corrected chi connectivity index (χ0v) is 18.4. The van der Waals surface area contributed by atoms with Crippen molar-refractivity contribution in [1.82, 2.24) is 25.0 Å². The van der Waals surface area contributed by atoms with E-state index in [1.807, 2.05) is 13.0 Å². The Morgan fingerprint density at radius 2 is 2.11 bits per heavy atom. The number of carboxylic acids is 1. The van der Waals surface area contributed by atoms with E-state index in [9.17, 15) is 9.90 Å².